The normalized spacial score (nSPS) is 41.5. The highest BCUT2D eigenvalue weighted by molar-refractivity contribution is 4.90. The Morgan fingerprint density at radius 1 is 1.38 bits per heavy atom. The van der Waals surface area contributed by atoms with Gasteiger partial charge < -0.3 is 4.74 Å². The number of hydrogen-bond donors (Lipinski definition) is 0. The quantitative estimate of drug-likeness (QED) is 0.651. The fourth-order valence-electron chi connectivity index (χ4n) is 2.31. The first kappa shape index (κ1) is 9.41. The molecule has 0 amide bonds. The second-order valence-electron chi connectivity index (χ2n) is 4.22. The lowest BCUT2D eigenvalue weighted by molar-refractivity contribution is -0.0412. The fourth-order valence-corrected chi connectivity index (χ4v) is 2.31. The van der Waals surface area contributed by atoms with Gasteiger partial charge in [0.2, 0.25) is 0 Å². The van der Waals surface area contributed by atoms with Crippen molar-refractivity contribution < 1.29 is 9.13 Å². The van der Waals surface area contributed by atoms with Crippen LogP contribution in [0.3, 0.4) is 0 Å². The Morgan fingerprint density at radius 2 is 2.15 bits per heavy atom. The summed E-state index contributed by atoms with van der Waals surface area (Å²) in [6.07, 6.45) is 3.83. The maximum absolute atomic E-state index is 13.1. The zero-order valence-corrected chi connectivity index (χ0v) is 8.21. The van der Waals surface area contributed by atoms with Gasteiger partial charge in [-0.05, 0) is 32.2 Å². The van der Waals surface area contributed by atoms with E-state index in [1.54, 1.807) is 7.11 Å². The highest BCUT2D eigenvalue weighted by atomic mass is 19.1. The van der Waals surface area contributed by atoms with Crippen LogP contribution in [0.1, 0.15) is 25.7 Å². The molecule has 2 aliphatic rings. The van der Waals surface area contributed by atoms with Crippen molar-refractivity contribution in [3.8, 4) is 0 Å². The summed E-state index contributed by atoms with van der Waals surface area (Å²) in [5.41, 5.74) is 0. The SMILES string of the molecule is COC1CC(N2CCC[C@@H](F)C2)C1. The zero-order chi connectivity index (χ0) is 9.26. The lowest BCUT2D eigenvalue weighted by atomic mass is 9.86. The molecule has 2 fully saturated rings. The van der Waals surface area contributed by atoms with Crippen molar-refractivity contribution in [3.63, 3.8) is 0 Å². The van der Waals surface area contributed by atoms with E-state index in [4.69, 9.17) is 4.74 Å². The van der Waals surface area contributed by atoms with Crippen LogP contribution in [0.4, 0.5) is 4.39 Å². The molecule has 1 aliphatic heterocycles. The van der Waals surface area contributed by atoms with Gasteiger partial charge in [-0.1, -0.05) is 0 Å². The van der Waals surface area contributed by atoms with E-state index in [0.717, 1.165) is 32.2 Å². The number of hydrogen-bond acceptors (Lipinski definition) is 2. The third-order valence-electron chi connectivity index (χ3n) is 3.31. The number of nitrogens with zero attached hydrogens (tertiary/aromatic N) is 1. The van der Waals surface area contributed by atoms with Gasteiger partial charge in [0.1, 0.15) is 6.17 Å². The summed E-state index contributed by atoms with van der Waals surface area (Å²) in [6.45, 7) is 1.74. The predicted octanol–water partition coefficient (Wildman–Crippen LogP) is 1.60. The first-order valence-electron chi connectivity index (χ1n) is 5.20. The van der Waals surface area contributed by atoms with Gasteiger partial charge in [0.25, 0.3) is 0 Å². The number of halogens is 1. The molecule has 13 heavy (non-hydrogen) atoms. The maximum Gasteiger partial charge on any atom is 0.113 e. The summed E-state index contributed by atoms with van der Waals surface area (Å²) in [4.78, 5) is 2.30. The van der Waals surface area contributed by atoms with Crippen molar-refractivity contribution in [1.29, 1.82) is 0 Å². The van der Waals surface area contributed by atoms with Crippen LogP contribution in [-0.2, 0) is 4.74 Å². The molecule has 0 spiro atoms. The number of rotatable bonds is 2. The van der Waals surface area contributed by atoms with Gasteiger partial charge in [0, 0.05) is 19.7 Å². The standard InChI is InChI=1S/C10H18FNO/c1-13-10-5-9(6-10)12-4-2-3-8(11)7-12/h8-10H,2-7H2,1H3/t8-,9?,10?/m1/s1. The highest BCUT2D eigenvalue weighted by Crippen LogP contribution is 2.30. The van der Waals surface area contributed by atoms with Crippen molar-refractivity contribution in [2.75, 3.05) is 20.2 Å². The lowest BCUT2D eigenvalue weighted by Crippen LogP contribution is -2.51. The van der Waals surface area contributed by atoms with Crippen molar-refractivity contribution in [3.05, 3.63) is 0 Å². The molecule has 0 aromatic carbocycles. The van der Waals surface area contributed by atoms with Crippen LogP contribution in [-0.4, -0.2) is 43.4 Å². The monoisotopic (exact) mass is 187 g/mol. The first-order valence-corrected chi connectivity index (χ1v) is 5.20. The maximum atomic E-state index is 13.1. The Bertz CT molecular complexity index is 170. The second-order valence-corrected chi connectivity index (χ2v) is 4.22. The second kappa shape index (κ2) is 3.93. The number of likely N-dealkylation sites (tertiary alicyclic amines) is 1. The van der Waals surface area contributed by atoms with Gasteiger partial charge in [0.15, 0.2) is 0 Å². The molecule has 2 nitrogen and oxygen atoms in total. The van der Waals surface area contributed by atoms with Gasteiger partial charge in [-0.2, -0.15) is 0 Å². The van der Waals surface area contributed by atoms with E-state index >= 15 is 0 Å². The van der Waals surface area contributed by atoms with Crippen molar-refractivity contribution >= 4 is 0 Å². The Labute approximate surface area is 79.1 Å². The summed E-state index contributed by atoms with van der Waals surface area (Å²) in [5.74, 6) is 0. The van der Waals surface area contributed by atoms with Gasteiger partial charge in [0.05, 0.1) is 6.10 Å². The number of ether oxygens (including phenoxy) is 1. The van der Waals surface area contributed by atoms with E-state index in [1.165, 1.54) is 0 Å². The van der Waals surface area contributed by atoms with Crippen LogP contribution in [0.25, 0.3) is 0 Å². The molecule has 3 heteroatoms. The average molecular weight is 187 g/mol. The van der Waals surface area contributed by atoms with E-state index in [1.807, 2.05) is 0 Å². The van der Waals surface area contributed by atoms with Crippen LogP contribution >= 0.6 is 0 Å². The summed E-state index contributed by atoms with van der Waals surface area (Å²) in [6, 6.07) is 0.600. The molecule has 1 aliphatic carbocycles. The predicted molar refractivity (Wildman–Crippen MR) is 49.5 cm³/mol. The molecular weight excluding hydrogens is 169 g/mol. The van der Waals surface area contributed by atoms with Gasteiger partial charge in [-0.15, -0.1) is 0 Å². The van der Waals surface area contributed by atoms with Crippen LogP contribution < -0.4 is 0 Å². The molecule has 1 heterocycles. The van der Waals surface area contributed by atoms with Crippen molar-refractivity contribution in [1.82, 2.24) is 4.90 Å². The number of methoxy groups -OCH3 is 1. The van der Waals surface area contributed by atoms with Crippen LogP contribution in [0.2, 0.25) is 0 Å². The summed E-state index contributed by atoms with van der Waals surface area (Å²) in [5, 5.41) is 0. The Hall–Kier alpha value is -0.150. The Balaban J connectivity index is 1.75. The first-order chi connectivity index (χ1) is 6.29. The lowest BCUT2D eigenvalue weighted by Gasteiger charge is -2.44. The van der Waals surface area contributed by atoms with Gasteiger partial charge >= 0.3 is 0 Å². The summed E-state index contributed by atoms with van der Waals surface area (Å²) >= 11 is 0. The topological polar surface area (TPSA) is 12.5 Å². The Kier molecular flexibility index (Phi) is 2.84. The van der Waals surface area contributed by atoms with E-state index in [0.29, 0.717) is 18.7 Å². The van der Waals surface area contributed by atoms with Crippen molar-refractivity contribution in [2.24, 2.45) is 0 Å². The fraction of sp³-hybridized carbons (Fsp3) is 1.00. The van der Waals surface area contributed by atoms with Crippen LogP contribution in [0, 0.1) is 0 Å². The molecule has 0 aromatic heterocycles. The third-order valence-corrected chi connectivity index (χ3v) is 3.31. The molecule has 0 unspecified atom stereocenters. The van der Waals surface area contributed by atoms with Crippen LogP contribution in [0.5, 0.6) is 0 Å². The molecule has 2 rings (SSSR count). The van der Waals surface area contributed by atoms with E-state index in [2.05, 4.69) is 4.90 Å². The molecule has 1 saturated heterocycles. The van der Waals surface area contributed by atoms with E-state index < -0.39 is 6.17 Å². The molecule has 1 saturated carbocycles. The molecule has 76 valence electrons. The zero-order valence-electron chi connectivity index (χ0n) is 8.21. The Morgan fingerprint density at radius 3 is 2.77 bits per heavy atom. The number of piperidine rings is 1. The molecule has 1 atom stereocenters. The van der Waals surface area contributed by atoms with E-state index in [9.17, 15) is 4.39 Å². The summed E-state index contributed by atoms with van der Waals surface area (Å²) < 4.78 is 18.3. The third kappa shape index (κ3) is 2.02. The highest BCUT2D eigenvalue weighted by Gasteiger charge is 2.35. The smallest absolute Gasteiger partial charge is 0.113 e. The minimum absolute atomic E-state index is 0.435. The van der Waals surface area contributed by atoms with Crippen molar-refractivity contribution in [2.45, 2.75) is 44.0 Å². The van der Waals surface area contributed by atoms with Gasteiger partial charge in [-0.3, -0.25) is 4.90 Å². The van der Waals surface area contributed by atoms with Crippen LogP contribution in [0.15, 0.2) is 0 Å². The molecule has 0 radical (unpaired) electrons. The summed E-state index contributed by atoms with van der Waals surface area (Å²) in [7, 11) is 1.76. The molecule has 0 bridgehead atoms. The minimum Gasteiger partial charge on any atom is -0.381 e. The van der Waals surface area contributed by atoms with E-state index in [-0.39, 0.29) is 0 Å². The van der Waals surface area contributed by atoms with Gasteiger partial charge in [-0.25, -0.2) is 4.39 Å². The number of alkyl halides is 1. The average Bonchev–Trinajstić information content (AvgIpc) is 2.02. The molecular formula is C10H18FNO. The largest absolute Gasteiger partial charge is 0.381 e. The molecule has 0 aromatic rings. The molecule has 0 N–H and O–H groups in total. The minimum atomic E-state index is -0.588.